The molecular formula is C13H19N3O2. The zero-order valence-corrected chi connectivity index (χ0v) is 10.6. The van der Waals surface area contributed by atoms with E-state index >= 15 is 0 Å². The number of methoxy groups -OCH3 is 1. The standard InChI is InChI=1S/C13H19N3O2/c1-18-13(17)11-4-6-15-12(7-11)16-9-10-3-2-5-14-8-10/h4,6-7,10,14H,2-3,5,8-9H2,1H3,(H,15,16). The van der Waals surface area contributed by atoms with Crippen molar-refractivity contribution < 1.29 is 9.53 Å². The van der Waals surface area contributed by atoms with E-state index in [1.165, 1.54) is 20.0 Å². The molecule has 0 saturated carbocycles. The summed E-state index contributed by atoms with van der Waals surface area (Å²) in [5.74, 6) is 1.02. The minimum Gasteiger partial charge on any atom is -0.465 e. The summed E-state index contributed by atoms with van der Waals surface area (Å²) in [5.41, 5.74) is 0.525. The minimum atomic E-state index is -0.334. The maximum atomic E-state index is 11.4. The lowest BCUT2D eigenvalue weighted by Crippen LogP contribution is -2.33. The molecule has 0 aliphatic carbocycles. The molecule has 2 N–H and O–H groups in total. The Morgan fingerprint density at radius 2 is 2.56 bits per heavy atom. The fourth-order valence-electron chi connectivity index (χ4n) is 2.12. The molecule has 1 saturated heterocycles. The van der Waals surface area contributed by atoms with Gasteiger partial charge in [-0.25, -0.2) is 9.78 Å². The highest BCUT2D eigenvalue weighted by Gasteiger charge is 2.13. The van der Waals surface area contributed by atoms with Gasteiger partial charge in [-0.3, -0.25) is 0 Å². The van der Waals surface area contributed by atoms with E-state index in [-0.39, 0.29) is 5.97 Å². The molecule has 0 amide bonds. The van der Waals surface area contributed by atoms with Gasteiger partial charge in [-0.15, -0.1) is 0 Å². The summed E-state index contributed by atoms with van der Waals surface area (Å²) in [6.07, 6.45) is 4.08. The maximum absolute atomic E-state index is 11.4. The molecule has 18 heavy (non-hydrogen) atoms. The van der Waals surface area contributed by atoms with Crippen LogP contribution in [0.5, 0.6) is 0 Å². The highest BCUT2D eigenvalue weighted by molar-refractivity contribution is 5.89. The Hall–Kier alpha value is -1.62. The normalized spacial score (nSPS) is 19.3. The van der Waals surface area contributed by atoms with Gasteiger partial charge < -0.3 is 15.4 Å². The van der Waals surface area contributed by atoms with Crippen molar-refractivity contribution in [2.45, 2.75) is 12.8 Å². The van der Waals surface area contributed by atoms with Crippen LogP contribution in [0.2, 0.25) is 0 Å². The molecule has 2 heterocycles. The molecule has 0 radical (unpaired) electrons. The van der Waals surface area contributed by atoms with Crippen LogP contribution < -0.4 is 10.6 Å². The summed E-state index contributed by atoms with van der Waals surface area (Å²) in [5, 5.41) is 6.65. The van der Waals surface area contributed by atoms with Crippen molar-refractivity contribution in [3.63, 3.8) is 0 Å². The zero-order valence-electron chi connectivity index (χ0n) is 10.6. The third kappa shape index (κ3) is 3.43. The van der Waals surface area contributed by atoms with E-state index in [9.17, 15) is 4.79 Å². The van der Waals surface area contributed by atoms with Gasteiger partial charge in [0.25, 0.3) is 0 Å². The lowest BCUT2D eigenvalue weighted by Gasteiger charge is -2.23. The summed E-state index contributed by atoms with van der Waals surface area (Å²) in [6, 6.07) is 3.38. The molecule has 1 atom stereocenters. The fourth-order valence-corrected chi connectivity index (χ4v) is 2.12. The second-order valence-electron chi connectivity index (χ2n) is 4.51. The number of esters is 1. The smallest absolute Gasteiger partial charge is 0.338 e. The number of hydrogen-bond donors (Lipinski definition) is 2. The van der Waals surface area contributed by atoms with Crippen LogP contribution in [0.25, 0.3) is 0 Å². The van der Waals surface area contributed by atoms with Crippen molar-refractivity contribution in [1.82, 2.24) is 10.3 Å². The molecule has 1 aromatic rings. The van der Waals surface area contributed by atoms with Crippen LogP contribution in [-0.2, 0) is 4.74 Å². The first-order valence-corrected chi connectivity index (χ1v) is 6.28. The van der Waals surface area contributed by atoms with Crippen LogP contribution in [0.3, 0.4) is 0 Å². The third-order valence-corrected chi connectivity index (χ3v) is 3.15. The van der Waals surface area contributed by atoms with E-state index in [0.717, 1.165) is 25.5 Å². The number of anilines is 1. The van der Waals surface area contributed by atoms with Gasteiger partial charge in [0.15, 0.2) is 0 Å². The quantitative estimate of drug-likeness (QED) is 0.787. The van der Waals surface area contributed by atoms with Gasteiger partial charge in [0.05, 0.1) is 12.7 Å². The fraction of sp³-hybridized carbons (Fsp3) is 0.538. The largest absolute Gasteiger partial charge is 0.465 e. The van der Waals surface area contributed by atoms with E-state index in [0.29, 0.717) is 11.5 Å². The molecule has 1 aliphatic heterocycles. The number of nitrogens with one attached hydrogen (secondary N) is 2. The predicted octanol–water partition coefficient (Wildman–Crippen LogP) is 1.28. The van der Waals surface area contributed by atoms with Crippen LogP contribution in [0.15, 0.2) is 18.3 Å². The van der Waals surface area contributed by atoms with Crippen molar-refractivity contribution in [2.24, 2.45) is 5.92 Å². The van der Waals surface area contributed by atoms with Crippen LogP contribution in [0.4, 0.5) is 5.82 Å². The van der Waals surface area contributed by atoms with Crippen LogP contribution >= 0.6 is 0 Å². The topological polar surface area (TPSA) is 63.2 Å². The molecule has 1 aliphatic rings. The first-order valence-electron chi connectivity index (χ1n) is 6.28. The number of rotatable bonds is 4. The Morgan fingerprint density at radius 1 is 1.67 bits per heavy atom. The van der Waals surface area contributed by atoms with Gasteiger partial charge in [-0.05, 0) is 44.0 Å². The molecule has 0 spiro atoms. The molecule has 5 nitrogen and oxygen atoms in total. The number of carbonyl (C=O) groups is 1. The summed E-state index contributed by atoms with van der Waals surface area (Å²) in [7, 11) is 1.38. The average Bonchev–Trinajstić information content (AvgIpc) is 2.45. The van der Waals surface area contributed by atoms with Crippen molar-refractivity contribution in [3.8, 4) is 0 Å². The van der Waals surface area contributed by atoms with Gasteiger partial charge in [0.2, 0.25) is 0 Å². The molecule has 98 valence electrons. The van der Waals surface area contributed by atoms with Crippen molar-refractivity contribution in [2.75, 3.05) is 32.1 Å². The third-order valence-electron chi connectivity index (χ3n) is 3.15. The lowest BCUT2D eigenvalue weighted by molar-refractivity contribution is 0.0600. The maximum Gasteiger partial charge on any atom is 0.338 e. The minimum absolute atomic E-state index is 0.334. The van der Waals surface area contributed by atoms with Crippen LogP contribution in [0, 0.1) is 5.92 Å². The van der Waals surface area contributed by atoms with Gasteiger partial charge in [0.1, 0.15) is 5.82 Å². The number of ether oxygens (including phenoxy) is 1. The molecule has 1 aromatic heterocycles. The van der Waals surface area contributed by atoms with E-state index in [4.69, 9.17) is 0 Å². The molecule has 5 heteroatoms. The highest BCUT2D eigenvalue weighted by atomic mass is 16.5. The van der Waals surface area contributed by atoms with E-state index in [2.05, 4.69) is 20.4 Å². The van der Waals surface area contributed by atoms with Crippen molar-refractivity contribution in [3.05, 3.63) is 23.9 Å². The second-order valence-corrected chi connectivity index (χ2v) is 4.51. The molecule has 1 unspecified atom stereocenters. The van der Waals surface area contributed by atoms with E-state index in [1.807, 2.05) is 0 Å². The Balaban J connectivity index is 1.90. The molecule has 0 bridgehead atoms. The van der Waals surface area contributed by atoms with Gasteiger partial charge >= 0.3 is 5.97 Å². The number of nitrogens with zero attached hydrogens (tertiary/aromatic N) is 1. The summed E-state index contributed by atoms with van der Waals surface area (Å²) < 4.78 is 4.68. The SMILES string of the molecule is COC(=O)c1ccnc(NCC2CCCNC2)c1. The number of carbonyl (C=O) groups excluding carboxylic acids is 1. The first-order chi connectivity index (χ1) is 8.79. The van der Waals surface area contributed by atoms with Gasteiger partial charge in [0, 0.05) is 12.7 Å². The zero-order chi connectivity index (χ0) is 12.8. The Labute approximate surface area is 107 Å². The molecule has 2 rings (SSSR count). The van der Waals surface area contributed by atoms with Crippen molar-refractivity contribution in [1.29, 1.82) is 0 Å². The van der Waals surface area contributed by atoms with Gasteiger partial charge in [-0.1, -0.05) is 0 Å². The average molecular weight is 249 g/mol. The van der Waals surface area contributed by atoms with Gasteiger partial charge in [-0.2, -0.15) is 0 Å². The number of hydrogen-bond acceptors (Lipinski definition) is 5. The van der Waals surface area contributed by atoms with E-state index < -0.39 is 0 Å². The van der Waals surface area contributed by atoms with Crippen molar-refractivity contribution >= 4 is 11.8 Å². The summed E-state index contributed by atoms with van der Waals surface area (Å²) >= 11 is 0. The summed E-state index contributed by atoms with van der Waals surface area (Å²) in [6.45, 7) is 3.04. The second kappa shape index (κ2) is 6.35. The predicted molar refractivity (Wildman–Crippen MR) is 69.7 cm³/mol. The monoisotopic (exact) mass is 249 g/mol. The molecule has 0 aromatic carbocycles. The number of pyridine rings is 1. The van der Waals surface area contributed by atoms with Crippen LogP contribution in [0.1, 0.15) is 23.2 Å². The summed E-state index contributed by atoms with van der Waals surface area (Å²) in [4.78, 5) is 15.6. The molecule has 1 fully saturated rings. The van der Waals surface area contributed by atoms with Crippen LogP contribution in [-0.4, -0.2) is 37.7 Å². The highest BCUT2D eigenvalue weighted by Crippen LogP contribution is 2.12. The first kappa shape index (κ1) is 12.8. The Morgan fingerprint density at radius 3 is 3.28 bits per heavy atom. The lowest BCUT2D eigenvalue weighted by atomic mass is 10.00. The van der Waals surface area contributed by atoms with E-state index in [1.54, 1.807) is 18.3 Å². The number of piperidine rings is 1. The number of aromatic nitrogens is 1. The Kier molecular flexibility index (Phi) is 4.52. The molecular weight excluding hydrogens is 230 g/mol. The Bertz CT molecular complexity index is 403.